The Hall–Kier alpha value is -2.45. The van der Waals surface area contributed by atoms with Crippen molar-refractivity contribution in [2.45, 2.75) is 32.9 Å². The third-order valence-corrected chi connectivity index (χ3v) is 5.62. The molecule has 3 aromatic rings. The molecule has 0 radical (unpaired) electrons. The summed E-state index contributed by atoms with van der Waals surface area (Å²) in [6.45, 7) is 7.90. The van der Waals surface area contributed by atoms with E-state index < -0.39 is 0 Å². The van der Waals surface area contributed by atoms with Crippen molar-refractivity contribution in [2.75, 3.05) is 5.75 Å². The number of carbonyl (C=O) groups excluding carboxylic acids is 1. The smallest absolute Gasteiger partial charge is 0.250 e. The average Bonchev–Trinajstić information content (AvgIpc) is 2.94. The van der Waals surface area contributed by atoms with Crippen molar-refractivity contribution in [3.8, 4) is 5.69 Å². The number of hydrazone groups is 1. The highest BCUT2D eigenvalue weighted by molar-refractivity contribution is 9.10. The molecule has 1 N–H and O–H groups in total. The van der Waals surface area contributed by atoms with Crippen molar-refractivity contribution in [3.05, 3.63) is 69.2 Å². The molecule has 150 valence electrons. The molecular formula is C21H22BrN5OS. The third kappa shape index (κ3) is 5.55. The molecule has 0 atom stereocenters. The van der Waals surface area contributed by atoms with Crippen LogP contribution >= 0.6 is 27.7 Å². The Labute approximate surface area is 183 Å². The van der Waals surface area contributed by atoms with E-state index in [1.54, 1.807) is 6.21 Å². The van der Waals surface area contributed by atoms with Gasteiger partial charge in [0.25, 0.3) is 5.91 Å². The quantitative estimate of drug-likeness (QED) is 0.248. The van der Waals surface area contributed by atoms with E-state index in [4.69, 9.17) is 0 Å². The number of halogens is 1. The molecule has 0 aliphatic rings. The van der Waals surface area contributed by atoms with E-state index in [0.717, 1.165) is 38.5 Å². The molecule has 0 saturated carbocycles. The maximum absolute atomic E-state index is 12.1. The molecule has 2 heterocycles. The lowest BCUT2D eigenvalue weighted by Crippen LogP contribution is -2.19. The maximum Gasteiger partial charge on any atom is 0.250 e. The van der Waals surface area contributed by atoms with Crippen LogP contribution < -0.4 is 5.43 Å². The second-order valence-corrected chi connectivity index (χ2v) is 8.51. The largest absolute Gasteiger partial charge is 0.318 e. The van der Waals surface area contributed by atoms with Gasteiger partial charge < -0.3 is 4.57 Å². The summed E-state index contributed by atoms with van der Waals surface area (Å²) in [7, 11) is 0. The minimum atomic E-state index is -0.198. The first-order valence-corrected chi connectivity index (χ1v) is 10.8. The van der Waals surface area contributed by atoms with Crippen LogP contribution in [0.15, 0.2) is 51.1 Å². The van der Waals surface area contributed by atoms with Crippen LogP contribution in [0.5, 0.6) is 0 Å². The number of hydrogen-bond acceptors (Lipinski definition) is 5. The molecule has 2 aromatic heterocycles. The summed E-state index contributed by atoms with van der Waals surface area (Å²) in [5.41, 5.74) is 8.54. The number of amides is 1. The summed E-state index contributed by atoms with van der Waals surface area (Å²) in [4.78, 5) is 20.7. The zero-order valence-corrected chi connectivity index (χ0v) is 19.1. The molecule has 0 aliphatic heterocycles. The van der Waals surface area contributed by atoms with Gasteiger partial charge in [0.2, 0.25) is 0 Å². The van der Waals surface area contributed by atoms with Gasteiger partial charge in [0.05, 0.1) is 12.0 Å². The molecule has 0 spiro atoms. The normalized spacial score (nSPS) is 11.2. The Balaban J connectivity index is 1.62. The van der Waals surface area contributed by atoms with Crippen LogP contribution in [0.4, 0.5) is 0 Å². The van der Waals surface area contributed by atoms with Gasteiger partial charge >= 0.3 is 0 Å². The van der Waals surface area contributed by atoms with Crippen molar-refractivity contribution in [1.82, 2.24) is 20.0 Å². The summed E-state index contributed by atoms with van der Waals surface area (Å²) in [5.74, 6) is 0.00809. The Bertz CT molecular complexity index is 1040. The number of benzene rings is 1. The van der Waals surface area contributed by atoms with Gasteiger partial charge in [-0.3, -0.25) is 4.79 Å². The van der Waals surface area contributed by atoms with Crippen LogP contribution in [0, 0.1) is 27.7 Å². The zero-order valence-electron chi connectivity index (χ0n) is 16.7. The highest BCUT2D eigenvalue weighted by Crippen LogP contribution is 2.21. The van der Waals surface area contributed by atoms with E-state index in [2.05, 4.69) is 53.1 Å². The summed E-state index contributed by atoms with van der Waals surface area (Å²) in [5, 5.41) is 4.71. The van der Waals surface area contributed by atoms with Crippen LogP contribution in [0.1, 0.15) is 28.3 Å². The van der Waals surface area contributed by atoms with Crippen LogP contribution in [0.2, 0.25) is 0 Å². The molecule has 0 saturated heterocycles. The van der Waals surface area contributed by atoms with Crippen molar-refractivity contribution in [2.24, 2.45) is 5.10 Å². The van der Waals surface area contributed by atoms with E-state index in [-0.39, 0.29) is 11.7 Å². The van der Waals surface area contributed by atoms with Crippen molar-refractivity contribution >= 4 is 39.8 Å². The van der Waals surface area contributed by atoms with Gasteiger partial charge in [-0.2, -0.15) is 5.10 Å². The Morgan fingerprint density at radius 3 is 2.45 bits per heavy atom. The first kappa shape index (κ1) is 21.3. The van der Waals surface area contributed by atoms with E-state index in [0.29, 0.717) is 5.16 Å². The average molecular weight is 472 g/mol. The highest BCUT2D eigenvalue weighted by atomic mass is 79.9. The number of nitrogens with one attached hydrogen (secondary N) is 1. The van der Waals surface area contributed by atoms with E-state index in [1.165, 1.54) is 11.8 Å². The predicted molar refractivity (Wildman–Crippen MR) is 121 cm³/mol. The fraction of sp³-hybridized carbons (Fsp3) is 0.238. The van der Waals surface area contributed by atoms with Gasteiger partial charge in [-0.05, 0) is 64.1 Å². The van der Waals surface area contributed by atoms with Gasteiger partial charge in [0.15, 0.2) is 5.16 Å². The van der Waals surface area contributed by atoms with Crippen LogP contribution in [0.25, 0.3) is 5.69 Å². The van der Waals surface area contributed by atoms with Gasteiger partial charge in [-0.25, -0.2) is 15.4 Å². The molecule has 3 rings (SSSR count). The van der Waals surface area contributed by atoms with Gasteiger partial charge in [0, 0.05) is 38.5 Å². The number of thioether (sulfide) groups is 1. The van der Waals surface area contributed by atoms with E-state index in [9.17, 15) is 4.79 Å². The number of hydrogen-bond donors (Lipinski definition) is 1. The molecule has 0 fully saturated rings. The molecule has 1 amide bonds. The summed E-state index contributed by atoms with van der Waals surface area (Å²) < 4.78 is 3.19. The molecule has 8 heteroatoms. The number of aryl methyl sites for hydroxylation is 3. The zero-order chi connectivity index (χ0) is 21.0. The van der Waals surface area contributed by atoms with Gasteiger partial charge in [-0.1, -0.05) is 27.7 Å². The minimum absolute atomic E-state index is 0.198. The Morgan fingerprint density at radius 1 is 1.14 bits per heavy atom. The van der Waals surface area contributed by atoms with Crippen molar-refractivity contribution < 1.29 is 4.79 Å². The number of aromatic nitrogens is 3. The SMILES string of the molecule is Cc1cc(C)nc(SCC(=O)N/N=C/c2cc(C)n(-c3ccc(Br)cc3)c2C)n1. The van der Waals surface area contributed by atoms with Gasteiger partial charge in [0.1, 0.15) is 0 Å². The lowest BCUT2D eigenvalue weighted by Gasteiger charge is -2.09. The molecule has 0 aliphatic carbocycles. The fourth-order valence-corrected chi connectivity index (χ4v) is 4.01. The van der Waals surface area contributed by atoms with Crippen LogP contribution in [-0.2, 0) is 4.79 Å². The highest BCUT2D eigenvalue weighted by Gasteiger charge is 2.10. The van der Waals surface area contributed by atoms with Crippen molar-refractivity contribution in [3.63, 3.8) is 0 Å². The first-order valence-electron chi connectivity index (χ1n) is 9.05. The van der Waals surface area contributed by atoms with Gasteiger partial charge in [-0.15, -0.1) is 0 Å². The monoisotopic (exact) mass is 471 g/mol. The standard InChI is InChI=1S/C21H22BrN5OS/c1-13-9-14(2)25-21(24-13)29-12-20(28)26-23-11-17-10-15(3)27(16(17)4)19-7-5-18(22)6-8-19/h5-11H,12H2,1-4H3,(H,26,28)/b23-11+. The summed E-state index contributed by atoms with van der Waals surface area (Å²) in [6, 6.07) is 12.1. The lowest BCUT2D eigenvalue weighted by atomic mass is 10.2. The van der Waals surface area contributed by atoms with Crippen LogP contribution in [0.3, 0.4) is 0 Å². The Morgan fingerprint density at radius 2 is 1.79 bits per heavy atom. The molecule has 6 nitrogen and oxygen atoms in total. The fourth-order valence-electron chi connectivity index (χ4n) is 3.00. The second kappa shape index (κ2) is 9.37. The lowest BCUT2D eigenvalue weighted by molar-refractivity contribution is -0.118. The van der Waals surface area contributed by atoms with E-state index in [1.807, 2.05) is 52.0 Å². The Kier molecular flexibility index (Phi) is 6.87. The third-order valence-electron chi connectivity index (χ3n) is 4.24. The summed E-state index contributed by atoms with van der Waals surface area (Å²) >= 11 is 4.76. The molecule has 0 unspecified atom stereocenters. The maximum atomic E-state index is 12.1. The molecule has 1 aromatic carbocycles. The minimum Gasteiger partial charge on any atom is -0.318 e. The van der Waals surface area contributed by atoms with E-state index >= 15 is 0 Å². The topological polar surface area (TPSA) is 72.2 Å². The molecule has 0 bridgehead atoms. The summed E-state index contributed by atoms with van der Waals surface area (Å²) in [6.07, 6.45) is 1.67. The number of carbonyl (C=O) groups is 1. The first-order chi connectivity index (χ1) is 13.8. The molecule has 29 heavy (non-hydrogen) atoms. The molecular weight excluding hydrogens is 450 g/mol. The number of rotatable bonds is 6. The predicted octanol–water partition coefficient (Wildman–Crippen LogP) is 4.51. The second-order valence-electron chi connectivity index (χ2n) is 6.65. The number of nitrogens with zero attached hydrogens (tertiary/aromatic N) is 4. The van der Waals surface area contributed by atoms with Crippen LogP contribution in [-0.4, -0.2) is 32.4 Å². The van der Waals surface area contributed by atoms with Crippen molar-refractivity contribution in [1.29, 1.82) is 0 Å².